The molecular formula is C24H21ClN4O2S. The molecular weight excluding hydrogens is 444 g/mol. The third-order valence-corrected chi connectivity index (χ3v) is 6.32. The molecule has 0 aliphatic carbocycles. The van der Waals surface area contributed by atoms with E-state index < -0.39 is 0 Å². The Morgan fingerprint density at radius 3 is 2.59 bits per heavy atom. The fraction of sp³-hybridized carbons (Fsp3) is 0.125. The number of hydrogen-bond acceptors (Lipinski definition) is 4. The van der Waals surface area contributed by atoms with Crippen LogP contribution in [0.1, 0.15) is 31.2 Å². The largest absolute Gasteiger partial charge is 0.351 e. The minimum atomic E-state index is -0.306. The molecule has 2 heterocycles. The molecule has 162 valence electrons. The second-order valence-electron chi connectivity index (χ2n) is 7.19. The van der Waals surface area contributed by atoms with Crippen LogP contribution in [0.3, 0.4) is 0 Å². The summed E-state index contributed by atoms with van der Waals surface area (Å²) in [4.78, 5) is 25.7. The third kappa shape index (κ3) is 5.07. The Bertz CT molecular complexity index is 1250. The molecule has 0 aliphatic heterocycles. The van der Waals surface area contributed by atoms with Crippen molar-refractivity contribution in [2.24, 2.45) is 0 Å². The summed E-state index contributed by atoms with van der Waals surface area (Å²) in [5.41, 5.74) is 3.22. The summed E-state index contributed by atoms with van der Waals surface area (Å²) in [6, 6.07) is 18.5. The number of thiophene rings is 1. The second-order valence-corrected chi connectivity index (χ2v) is 8.65. The summed E-state index contributed by atoms with van der Waals surface area (Å²) >= 11 is 7.33. The van der Waals surface area contributed by atoms with Gasteiger partial charge in [-0.05, 0) is 54.8 Å². The van der Waals surface area contributed by atoms with Crippen LogP contribution in [0.25, 0.3) is 5.69 Å². The van der Waals surface area contributed by atoms with Crippen LogP contribution in [-0.2, 0) is 6.42 Å². The van der Waals surface area contributed by atoms with E-state index in [9.17, 15) is 9.59 Å². The quantitative estimate of drug-likeness (QED) is 0.398. The number of benzene rings is 2. The molecule has 0 spiro atoms. The molecule has 0 fully saturated rings. The van der Waals surface area contributed by atoms with Gasteiger partial charge in [-0.2, -0.15) is 5.10 Å². The van der Waals surface area contributed by atoms with E-state index in [-0.39, 0.29) is 11.8 Å². The molecule has 2 aromatic carbocycles. The molecule has 0 saturated heterocycles. The highest BCUT2D eigenvalue weighted by molar-refractivity contribution is 7.18. The zero-order valence-corrected chi connectivity index (χ0v) is 18.9. The first kappa shape index (κ1) is 21.8. The predicted molar refractivity (Wildman–Crippen MR) is 128 cm³/mol. The average Bonchev–Trinajstić information content (AvgIpc) is 3.41. The Morgan fingerprint density at radius 1 is 1.06 bits per heavy atom. The molecule has 2 aromatic heterocycles. The number of amides is 2. The van der Waals surface area contributed by atoms with Crippen LogP contribution < -0.4 is 10.6 Å². The van der Waals surface area contributed by atoms with Crippen molar-refractivity contribution in [1.29, 1.82) is 0 Å². The Morgan fingerprint density at radius 2 is 1.81 bits per heavy atom. The summed E-state index contributed by atoms with van der Waals surface area (Å²) in [7, 11) is 0. The van der Waals surface area contributed by atoms with Gasteiger partial charge in [-0.3, -0.25) is 9.59 Å². The van der Waals surface area contributed by atoms with E-state index in [1.165, 1.54) is 11.3 Å². The van der Waals surface area contributed by atoms with Crippen molar-refractivity contribution in [1.82, 2.24) is 15.1 Å². The molecule has 2 N–H and O–H groups in total. The maximum absolute atomic E-state index is 12.7. The maximum atomic E-state index is 12.7. The molecule has 0 bridgehead atoms. The van der Waals surface area contributed by atoms with E-state index in [4.69, 9.17) is 11.6 Å². The lowest BCUT2D eigenvalue weighted by atomic mass is 10.2. The molecule has 4 aromatic rings. The topological polar surface area (TPSA) is 76.0 Å². The van der Waals surface area contributed by atoms with Crippen molar-refractivity contribution in [2.45, 2.75) is 13.3 Å². The standard InChI is InChI=1S/C24H21ClN4O2S/c1-16-13-21(28-23(30)19-9-5-6-10-20(19)25)32-22(16)24(31)26-12-11-17-14-27-29(15-17)18-7-3-2-4-8-18/h2-10,13-15H,11-12H2,1H3,(H,26,31)(H,28,30). The summed E-state index contributed by atoms with van der Waals surface area (Å²) in [6.07, 6.45) is 4.43. The van der Waals surface area contributed by atoms with Gasteiger partial charge in [0.25, 0.3) is 11.8 Å². The van der Waals surface area contributed by atoms with Crippen LogP contribution in [-0.4, -0.2) is 28.1 Å². The van der Waals surface area contributed by atoms with Gasteiger partial charge in [0, 0.05) is 12.7 Å². The number of nitrogens with zero attached hydrogens (tertiary/aromatic N) is 2. The Balaban J connectivity index is 1.33. The highest BCUT2D eigenvalue weighted by atomic mass is 35.5. The zero-order valence-electron chi connectivity index (χ0n) is 17.3. The molecule has 0 saturated carbocycles. The van der Waals surface area contributed by atoms with Crippen LogP contribution in [0.15, 0.2) is 73.1 Å². The lowest BCUT2D eigenvalue weighted by Crippen LogP contribution is -2.25. The number of para-hydroxylation sites is 1. The van der Waals surface area contributed by atoms with Crippen LogP contribution in [0.2, 0.25) is 5.02 Å². The molecule has 2 amide bonds. The van der Waals surface area contributed by atoms with Gasteiger partial charge < -0.3 is 10.6 Å². The van der Waals surface area contributed by atoms with Crippen molar-refractivity contribution in [2.75, 3.05) is 11.9 Å². The Hall–Kier alpha value is -3.42. The van der Waals surface area contributed by atoms with E-state index in [0.29, 0.717) is 33.4 Å². The minimum Gasteiger partial charge on any atom is -0.351 e. The fourth-order valence-corrected chi connectivity index (χ4v) is 4.41. The number of anilines is 1. The zero-order chi connectivity index (χ0) is 22.5. The minimum absolute atomic E-state index is 0.166. The maximum Gasteiger partial charge on any atom is 0.261 e. The Kier molecular flexibility index (Phi) is 6.68. The van der Waals surface area contributed by atoms with Crippen LogP contribution >= 0.6 is 22.9 Å². The molecule has 4 rings (SSSR count). The van der Waals surface area contributed by atoms with E-state index in [1.54, 1.807) is 36.5 Å². The van der Waals surface area contributed by atoms with Gasteiger partial charge >= 0.3 is 0 Å². The van der Waals surface area contributed by atoms with Crippen molar-refractivity contribution in [3.8, 4) is 5.69 Å². The third-order valence-electron chi connectivity index (χ3n) is 4.84. The summed E-state index contributed by atoms with van der Waals surface area (Å²) in [5, 5.41) is 11.1. The van der Waals surface area contributed by atoms with E-state index >= 15 is 0 Å². The number of aryl methyl sites for hydroxylation is 1. The lowest BCUT2D eigenvalue weighted by molar-refractivity contribution is 0.0956. The highest BCUT2D eigenvalue weighted by Crippen LogP contribution is 2.27. The average molecular weight is 465 g/mol. The van der Waals surface area contributed by atoms with Crippen LogP contribution in [0.4, 0.5) is 5.00 Å². The van der Waals surface area contributed by atoms with Gasteiger partial charge in [-0.15, -0.1) is 11.3 Å². The first-order valence-electron chi connectivity index (χ1n) is 10.0. The van der Waals surface area contributed by atoms with Gasteiger partial charge in [0.15, 0.2) is 0 Å². The van der Waals surface area contributed by atoms with E-state index in [0.717, 1.165) is 16.8 Å². The van der Waals surface area contributed by atoms with Crippen molar-refractivity contribution >= 4 is 39.8 Å². The number of hydrogen-bond donors (Lipinski definition) is 2. The molecule has 8 heteroatoms. The van der Waals surface area contributed by atoms with Crippen LogP contribution in [0, 0.1) is 6.92 Å². The number of aromatic nitrogens is 2. The van der Waals surface area contributed by atoms with Gasteiger partial charge in [-0.25, -0.2) is 4.68 Å². The Labute approximate surface area is 194 Å². The molecule has 0 atom stereocenters. The smallest absolute Gasteiger partial charge is 0.261 e. The normalized spacial score (nSPS) is 10.7. The van der Waals surface area contributed by atoms with Gasteiger partial charge in [0.1, 0.15) is 0 Å². The van der Waals surface area contributed by atoms with E-state index in [2.05, 4.69) is 15.7 Å². The van der Waals surface area contributed by atoms with E-state index in [1.807, 2.05) is 48.1 Å². The van der Waals surface area contributed by atoms with Crippen molar-refractivity contribution in [3.05, 3.63) is 99.6 Å². The van der Waals surface area contributed by atoms with Crippen LogP contribution in [0.5, 0.6) is 0 Å². The molecule has 6 nitrogen and oxygen atoms in total. The summed E-state index contributed by atoms with van der Waals surface area (Å²) in [5.74, 6) is -0.472. The number of carbonyl (C=O) groups is 2. The van der Waals surface area contributed by atoms with Gasteiger partial charge in [-0.1, -0.05) is 41.9 Å². The number of halogens is 1. The first-order chi connectivity index (χ1) is 15.5. The number of rotatable bonds is 7. The second kappa shape index (κ2) is 9.80. The summed E-state index contributed by atoms with van der Waals surface area (Å²) in [6.45, 7) is 2.33. The lowest BCUT2D eigenvalue weighted by Gasteiger charge is -2.04. The molecule has 32 heavy (non-hydrogen) atoms. The number of nitrogens with one attached hydrogen (secondary N) is 2. The highest BCUT2D eigenvalue weighted by Gasteiger charge is 2.16. The van der Waals surface area contributed by atoms with Crippen molar-refractivity contribution < 1.29 is 9.59 Å². The summed E-state index contributed by atoms with van der Waals surface area (Å²) < 4.78 is 1.81. The SMILES string of the molecule is Cc1cc(NC(=O)c2ccccc2Cl)sc1C(=O)NCCc1cnn(-c2ccccc2)c1. The number of carbonyl (C=O) groups excluding carboxylic acids is 2. The molecule has 0 radical (unpaired) electrons. The first-order valence-corrected chi connectivity index (χ1v) is 11.2. The van der Waals surface area contributed by atoms with Gasteiger partial charge in [0.2, 0.25) is 0 Å². The monoisotopic (exact) mass is 464 g/mol. The molecule has 0 unspecified atom stereocenters. The predicted octanol–water partition coefficient (Wildman–Crippen LogP) is 5.12. The fourth-order valence-electron chi connectivity index (χ4n) is 3.21. The van der Waals surface area contributed by atoms with Gasteiger partial charge in [0.05, 0.1) is 32.3 Å². The van der Waals surface area contributed by atoms with Crippen molar-refractivity contribution in [3.63, 3.8) is 0 Å². The molecule has 0 aliphatic rings.